The molecule has 164 valence electrons. The molecule has 0 saturated carbocycles. The van der Waals surface area contributed by atoms with Crippen molar-refractivity contribution in [3.05, 3.63) is 83.4 Å². The Labute approximate surface area is 188 Å². The first-order valence-electron chi connectivity index (χ1n) is 11.1. The number of piperidine rings is 1. The highest BCUT2D eigenvalue weighted by atomic mass is 16.6. The van der Waals surface area contributed by atoms with Gasteiger partial charge in [-0.25, -0.2) is 4.98 Å². The van der Waals surface area contributed by atoms with Crippen molar-refractivity contribution in [1.82, 2.24) is 14.5 Å². The highest BCUT2D eigenvalue weighted by Crippen LogP contribution is 2.30. The molecule has 0 spiro atoms. The maximum atomic E-state index is 5.69. The summed E-state index contributed by atoms with van der Waals surface area (Å²) in [6.07, 6.45) is 9.08. The van der Waals surface area contributed by atoms with E-state index in [1.165, 1.54) is 11.1 Å². The van der Waals surface area contributed by atoms with Crippen LogP contribution in [0, 0.1) is 6.92 Å². The minimum absolute atomic E-state index is 0.301. The van der Waals surface area contributed by atoms with Gasteiger partial charge in [-0.05, 0) is 61.1 Å². The lowest BCUT2D eigenvalue weighted by Gasteiger charge is -2.40. The zero-order valence-corrected chi connectivity index (χ0v) is 18.6. The Kier molecular flexibility index (Phi) is 5.67. The van der Waals surface area contributed by atoms with Gasteiger partial charge in [0, 0.05) is 12.7 Å². The fourth-order valence-corrected chi connectivity index (χ4v) is 4.53. The van der Waals surface area contributed by atoms with Gasteiger partial charge in [-0.1, -0.05) is 41.6 Å². The van der Waals surface area contributed by atoms with E-state index < -0.39 is 0 Å². The average Bonchev–Trinajstić information content (AvgIpc) is 3.26. The van der Waals surface area contributed by atoms with Crippen LogP contribution in [0.25, 0.3) is 11.8 Å². The molecule has 3 heterocycles. The number of rotatable bonds is 5. The van der Waals surface area contributed by atoms with E-state index >= 15 is 0 Å². The number of hydrogen-bond acceptors (Lipinski definition) is 5. The summed E-state index contributed by atoms with van der Waals surface area (Å²) >= 11 is 0. The lowest BCUT2D eigenvalue weighted by atomic mass is 9.96. The summed E-state index contributed by atoms with van der Waals surface area (Å²) in [5, 5.41) is 4.46. The van der Waals surface area contributed by atoms with Gasteiger partial charge in [0.25, 0.3) is 0 Å². The van der Waals surface area contributed by atoms with E-state index in [0.717, 1.165) is 54.3 Å². The van der Waals surface area contributed by atoms with Crippen LogP contribution in [0.15, 0.2) is 71.8 Å². The zero-order chi connectivity index (χ0) is 21.9. The standard InChI is InChI=1S/C26H28N4O2/c1-19-16-29(18-27-19)24-11-10-21(15-25(24)31-2)13-22-9-6-12-30-23(17-32-28-26(22)30)14-20-7-4-3-5-8-20/h3-5,7-8,10-11,13,15-16,18,23H,6,9,12,14,17H2,1-2H3/t23-/m0/s1. The van der Waals surface area contributed by atoms with E-state index in [9.17, 15) is 0 Å². The zero-order valence-electron chi connectivity index (χ0n) is 18.6. The largest absolute Gasteiger partial charge is 0.495 e. The van der Waals surface area contributed by atoms with Crippen molar-refractivity contribution in [2.75, 3.05) is 20.3 Å². The summed E-state index contributed by atoms with van der Waals surface area (Å²) in [4.78, 5) is 12.4. The van der Waals surface area contributed by atoms with Crippen molar-refractivity contribution in [3.63, 3.8) is 0 Å². The SMILES string of the molecule is COc1cc(C=C2CCCN3C2=NOC[C@@H]3Cc2ccccc2)ccc1-n1cnc(C)c1. The molecule has 0 radical (unpaired) electrons. The van der Waals surface area contributed by atoms with Crippen molar-refractivity contribution in [2.24, 2.45) is 5.16 Å². The maximum absolute atomic E-state index is 5.69. The highest BCUT2D eigenvalue weighted by molar-refractivity contribution is 6.02. The number of aromatic nitrogens is 2. The minimum Gasteiger partial charge on any atom is -0.495 e. The summed E-state index contributed by atoms with van der Waals surface area (Å²) in [6, 6.07) is 17.2. The Morgan fingerprint density at radius 2 is 2.06 bits per heavy atom. The summed E-state index contributed by atoms with van der Waals surface area (Å²) in [6.45, 7) is 3.62. The van der Waals surface area contributed by atoms with Gasteiger partial charge in [0.1, 0.15) is 12.4 Å². The number of benzene rings is 2. The van der Waals surface area contributed by atoms with Crippen LogP contribution in [-0.2, 0) is 11.3 Å². The van der Waals surface area contributed by atoms with Crippen LogP contribution < -0.4 is 4.74 Å². The molecule has 1 fully saturated rings. The van der Waals surface area contributed by atoms with Crippen LogP contribution in [0.5, 0.6) is 5.75 Å². The van der Waals surface area contributed by atoms with Gasteiger partial charge in [0.15, 0.2) is 5.84 Å². The molecule has 1 saturated heterocycles. The van der Waals surface area contributed by atoms with Gasteiger partial charge < -0.3 is 19.0 Å². The second-order valence-electron chi connectivity index (χ2n) is 8.37. The summed E-state index contributed by atoms with van der Waals surface area (Å²) < 4.78 is 7.67. The third-order valence-corrected chi connectivity index (χ3v) is 6.11. The molecule has 6 nitrogen and oxygen atoms in total. The molecule has 6 heteroatoms. The number of nitrogens with zero attached hydrogens (tertiary/aromatic N) is 4. The molecule has 5 rings (SSSR count). The molecule has 0 amide bonds. The first-order chi connectivity index (χ1) is 15.7. The molecule has 2 aliphatic rings. The predicted molar refractivity (Wildman–Crippen MR) is 126 cm³/mol. The molecular weight excluding hydrogens is 400 g/mol. The normalized spacial score (nSPS) is 19.3. The summed E-state index contributed by atoms with van der Waals surface area (Å²) in [7, 11) is 1.70. The molecule has 0 N–H and O–H groups in total. The quantitative estimate of drug-likeness (QED) is 0.595. The Balaban J connectivity index is 1.41. The maximum Gasteiger partial charge on any atom is 0.171 e. The minimum atomic E-state index is 0.301. The van der Waals surface area contributed by atoms with Gasteiger partial charge in [-0.15, -0.1) is 0 Å². The Bertz CT molecular complexity index is 1150. The third kappa shape index (κ3) is 4.13. The Hall–Kier alpha value is -3.54. The number of aryl methyl sites for hydroxylation is 1. The second-order valence-corrected chi connectivity index (χ2v) is 8.37. The van der Waals surface area contributed by atoms with Crippen molar-refractivity contribution < 1.29 is 9.57 Å². The van der Waals surface area contributed by atoms with Crippen LogP contribution in [0.3, 0.4) is 0 Å². The first kappa shape index (κ1) is 20.4. The van der Waals surface area contributed by atoms with E-state index in [2.05, 4.69) is 69.6 Å². The molecule has 1 aromatic heterocycles. The van der Waals surface area contributed by atoms with Crippen LogP contribution in [0.2, 0.25) is 0 Å². The van der Waals surface area contributed by atoms with E-state index in [0.29, 0.717) is 12.6 Å². The van der Waals surface area contributed by atoms with Crippen molar-refractivity contribution in [2.45, 2.75) is 32.2 Å². The smallest absolute Gasteiger partial charge is 0.171 e. The number of imidazole rings is 1. The van der Waals surface area contributed by atoms with Gasteiger partial charge in [-0.2, -0.15) is 0 Å². The van der Waals surface area contributed by atoms with Crippen LogP contribution in [0.4, 0.5) is 0 Å². The van der Waals surface area contributed by atoms with E-state index in [-0.39, 0.29) is 0 Å². The number of fused-ring (bicyclic) bond motifs is 1. The Morgan fingerprint density at radius 1 is 1.19 bits per heavy atom. The molecule has 1 atom stereocenters. The lowest BCUT2D eigenvalue weighted by molar-refractivity contribution is 0.0579. The van der Waals surface area contributed by atoms with Gasteiger partial charge >= 0.3 is 0 Å². The molecule has 2 aliphatic heterocycles. The Morgan fingerprint density at radius 3 is 2.84 bits per heavy atom. The number of hydrogen-bond donors (Lipinski definition) is 0. The van der Waals surface area contributed by atoms with E-state index in [1.807, 2.05) is 24.0 Å². The predicted octanol–water partition coefficient (Wildman–Crippen LogP) is 4.62. The van der Waals surface area contributed by atoms with E-state index in [4.69, 9.17) is 9.57 Å². The molecule has 0 unspecified atom stereocenters. The molecule has 3 aromatic rings. The van der Waals surface area contributed by atoms with Crippen LogP contribution in [-0.4, -0.2) is 46.6 Å². The third-order valence-electron chi connectivity index (χ3n) is 6.11. The monoisotopic (exact) mass is 428 g/mol. The number of oxime groups is 1. The molecule has 32 heavy (non-hydrogen) atoms. The topological polar surface area (TPSA) is 51.9 Å². The molecule has 0 bridgehead atoms. The first-order valence-corrected chi connectivity index (χ1v) is 11.1. The summed E-state index contributed by atoms with van der Waals surface area (Å²) in [5.74, 6) is 1.78. The van der Waals surface area contributed by atoms with Gasteiger partial charge in [0.2, 0.25) is 0 Å². The van der Waals surface area contributed by atoms with Crippen LogP contribution >= 0.6 is 0 Å². The fraction of sp³-hybridized carbons (Fsp3) is 0.308. The lowest BCUT2D eigenvalue weighted by Crippen LogP contribution is -2.50. The van der Waals surface area contributed by atoms with E-state index in [1.54, 1.807) is 7.11 Å². The second kappa shape index (κ2) is 8.91. The molecule has 0 aliphatic carbocycles. The fourth-order valence-electron chi connectivity index (χ4n) is 4.53. The number of methoxy groups -OCH3 is 1. The van der Waals surface area contributed by atoms with Gasteiger partial charge in [-0.3, -0.25) is 0 Å². The summed E-state index contributed by atoms with van der Waals surface area (Å²) in [5.41, 5.74) is 5.57. The van der Waals surface area contributed by atoms with Crippen molar-refractivity contribution in [3.8, 4) is 11.4 Å². The molecular formula is C26H28N4O2. The van der Waals surface area contributed by atoms with Gasteiger partial charge in [0.05, 0.1) is 30.9 Å². The van der Waals surface area contributed by atoms with Crippen molar-refractivity contribution in [1.29, 1.82) is 0 Å². The number of amidine groups is 1. The number of ether oxygens (including phenoxy) is 1. The van der Waals surface area contributed by atoms with Crippen LogP contribution in [0.1, 0.15) is 29.7 Å². The van der Waals surface area contributed by atoms with Crippen molar-refractivity contribution >= 4 is 11.9 Å². The molecule has 2 aromatic carbocycles. The highest BCUT2D eigenvalue weighted by Gasteiger charge is 2.32. The average molecular weight is 429 g/mol.